The molecule has 1 fully saturated rings. The van der Waals surface area contributed by atoms with E-state index in [4.69, 9.17) is 11.6 Å². The molecule has 0 aliphatic carbocycles. The smallest absolute Gasteiger partial charge is 0.254 e. The maximum atomic E-state index is 13.4. The summed E-state index contributed by atoms with van der Waals surface area (Å²) in [4.78, 5) is 30.8. The Bertz CT molecular complexity index is 1090. The maximum Gasteiger partial charge on any atom is 0.254 e. The molecule has 1 aliphatic rings. The van der Waals surface area contributed by atoms with E-state index in [-0.39, 0.29) is 34.4 Å². The molecule has 0 spiro atoms. The molecule has 0 radical (unpaired) electrons. The van der Waals surface area contributed by atoms with Gasteiger partial charge in [0.2, 0.25) is 5.91 Å². The molecule has 1 aliphatic heterocycles. The zero-order chi connectivity index (χ0) is 21.3. The average Bonchev–Trinajstić information content (AvgIpc) is 3.37. The summed E-state index contributed by atoms with van der Waals surface area (Å²) in [5, 5.41) is 10.0. The van der Waals surface area contributed by atoms with E-state index in [1.807, 2.05) is 30.3 Å². The van der Waals surface area contributed by atoms with Crippen molar-refractivity contribution in [2.24, 2.45) is 0 Å². The van der Waals surface area contributed by atoms with Crippen molar-refractivity contribution >= 4 is 23.4 Å². The van der Waals surface area contributed by atoms with Crippen LogP contribution in [0.25, 0.3) is 11.4 Å². The van der Waals surface area contributed by atoms with Crippen molar-refractivity contribution < 1.29 is 14.0 Å². The molecular formula is C21H19ClFN5O2. The number of likely N-dealkylation sites (tertiary alicyclic amines) is 1. The van der Waals surface area contributed by atoms with Crippen LogP contribution >= 0.6 is 11.6 Å². The molecule has 0 saturated carbocycles. The number of nitrogens with zero attached hydrogens (tertiary/aromatic N) is 3. The number of benzene rings is 2. The highest BCUT2D eigenvalue weighted by molar-refractivity contribution is 6.31. The van der Waals surface area contributed by atoms with Crippen LogP contribution in [-0.2, 0) is 4.79 Å². The van der Waals surface area contributed by atoms with Gasteiger partial charge < -0.3 is 10.2 Å². The second kappa shape index (κ2) is 8.23. The molecule has 4 rings (SSSR count). The third-order valence-corrected chi connectivity index (χ3v) is 5.34. The molecule has 9 heteroatoms. The van der Waals surface area contributed by atoms with Gasteiger partial charge in [0.1, 0.15) is 11.6 Å². The summed E-state index contributed by atoms with van der Waals surface area (Å²) in [7, 11) is 0. The van der Waals surface area contributed by atoms with Crippen molar-refractivity contribution in [3.63, 3.8) is 0 Å². The third-order valence-electron chi connectivity index (χ3n) is 5.05. The number of rotatable bonds is 4. The van der Waals surface area contributed by atoms with E-state index in [2.05, 4.69) is 20.5 Å². The number of aromatic amines is 1. The second-order valence-electron chi connectivity index (χ2n) is 7.16. The summed E-state index contributed by atoms with van der Waals surface area (Å²) >= 11 is 5.82. The lowest BCUT2D eigenvalue weighted by Crippen LogP contribution is -2.39. The van der Waals surface area contributed by atoms with Crippen molar-refractivity contribution in [1.29, 1.82) is 0 Å². The predicted octanol–water partition coefficient (Wildman–Crippen LogP) is 3.01. The molecule has 30 heavy (non-hydrogen) atoms. The van der Waals surface area contributed by atoms with Gasteiger partial charge in [-0.05, 0) is 18.2 Å². The molecule has 0 bridgehead atoms. The fraction of sp³-hybridized carbons (Fsp3) is 0.238. The van der Waals surface area contributed by atoms with Crippen LogP contribution in [0, 0.1) is 5.82 Å². The van der Waals surface area contributed by atoms with Crippen LogP contribution < -0.4 is 5.32 Å². The summed E-state index contributed by atoms with van der Waals surface area (Å²) in [5.41, 5.74) is 1.15. The number of aromatic nitrogens is 3. The zero-order valence-electron chi connectivity index (χ0n) is 16.1. The predicted molar refractivity (Wildman–Crippen MR) is 109 cm³/mol. The molecule has 2 atom stereocenters. The zero-order valence-corrected chi connectivity index (χ0v) is 16.9. The topological polar surface area (TPSA) is 91.0 Å². The number of halogens is 2. The number of H-pyrrole nitrogens is 1. The van der Waals surface area contributed by atoms with Gasteiger partial charge in [-0.3, -0.25) is 14.7 Å². The molecule has 2 amide bonds. The van der Waals surface area contributed by atoms with Gasteiger partial charge in [-0.25, -0.2) is 9.37 Å². The molecule has 2 heterocycles. The first-order chi connectivity index (χ1) is 14.4. The molecule has 0 unspecified atom stereocenters. The number of hydrogen-bond donors (Lipinski definition) is 2. The molecule has 1 aromatic heterocycles. The number of nitrogens with one attached hydrogen (secondary N) is 2. The largest absolute Gasteiger partial charge is 0.351 e. The van der Waals surface area contributed by atoms with Crippen LogP contribution in [0.3, 0.4) is 0 Å². The first-order valence-corrected chi connectivity index (χ1v) is 9.79. The molecule has 2 N–H and O–H groups in total. The highest BCUT2D eigenvalue weighted by Crippen LogP contribution is 2.29. The van der Waals surface area contributed by atoms with Gasteiger partial charge in [0.15, 0.2) is 5.82 Å². The summed E-state index contributed by atoms with van der Waals surface area (Å²) < 4.78 is 13.4. The minimum atomic E-state index is -0.585. The minimum absolute atomic E-state index is 0.113. The second-order valence-corrected chi connectivity index (χ2v) is 7.57. The van der Waals surface area contributed by atoms with Gasteiger partial charge in [0.25, 0.3) is 5.91 Å². The molecule has 1 saturated heterocycles. The lowest BCUT2D eigenvalue weighted by atomic mass is 10.0. The Balaban J connectivity index is 1.59. The Hall–Kier alpha value is -3.26. The molecular weight excluding hydrogens is 409 g/mol. The van der Waals surface area contributed by atoms with Crippen molar-refractivity contribution in [3.8, 4) is 11.4 Å². The number of carbonyl (C=O) groups is 2. The van der Waals surface area contributed by atoms with Crippen LogP contribution in [0.4, 0.5) is 4.39 Å². The van der Waals surface area contributed by atoms with Crippen LogP contribution in [0.2, 0.25) is 5.02 Å². The first-order valence-electron chi connectivity index (χ1n) is 9.41. The van der Waals surface area contributed by atoms with Crippen LogP contribution in [0.5, 0.6) is 0 Å². The van der Waals surface area contributed by atoms with Crippen molar-refractivity contribution in [1.82, 2.24) is 25.4 Å². The van der Waals surface area contributed by atoms with Gasteiger partial charge >= 0.3 is 0 Å². The minimum Gasteiger partial charge on any atom is -0.351 e. The van der Waals surface area contributed by atoms with Gasteiger partial charge in [-0.2, -0.15) is 5.10 Å². The SMILES string of the molecule is CC(=O)N[C@@H]1CN(C(=O)c2ccc(F)c(Cl)c2)C[C@H]1c1nc(-c2ccccc2)n[nH]1. The van der Waals surface area contributed by atoms with E-state index in [1.165, 1.54) is 19.1 Å². The number of amides is 2. The monoisotopic (exact) mass is 427 g/mol. The maximum absolute atomic E-state index is 13.4. The number of carbonyl (C=O) groups excluding carboxylic acids is 2. The Morgan fingerprint density at radius 1 is 1.20 bits per heavy atom. The van der Waals surface area contributed by atoms with Gasteiger partial charge in [-0.1, -0.05) is 41.9 Å². The van der Waals surface area contributed by atoms with E-state index in [0.29, 0.717) is 24.7 Å². The first kappa shape index (κ1) is 20.0. The van der Waals surface area contributed by atoms with E-state index in [9.17, 15) is 14.0 Å². The fourth-order valence-corrected chi connectivity index (χ4v) is 3.80. The summed E-state index contributed by atoms with van der Waals surface area (Å²) in [6.07, 6.45) is 0. The molecule has 2 aromatic carbocycles. The Labute approximate surface area is 177 Å². The standard InChI is InChI=1S/C21H19ClFN5O2/c1-12(29)24-18-11-28(21(30)14-7-8-17(23)16(22)9-14)10-15(18)20-25-19(26-27-20)13-5-3-2-4-6-13/h2-9,15,18H,10-11H2,1H3,(H,24,29)(H,25,26,27)/t15-,18-/m1/s1. The Morgan fingerprint density at radius 3 is 2.67 bits per heavy atom. The number of hydrogen-bond acceptors (Lipinski definition) is 4. The Morgan fingerprint density at radius 2 is 1.97 bits per heavy atom. The van der Waals surface area contributed by atoms with Crippen LogP contribution in [-0.4, -0.2) is 51.0 Å². The van der Waals surface area contributed by atoms with Gasteiger partial charge in [0.05, 0.1) is 17.0 Å². The molecule has 7 nitrogen and oxygen atoms in total. The summed E-state index contributed by atoms with van der Waals surface area (Å²) in [5.74, 6) is -0.218. The van der Waals surface area contributed by atoms with Gasteiger partial charge in [-0.15, -0.1) is 0 Å². The Kier molecular flexibility index (Phi) is 5.50. The summed E-state index contributed by atoms with van der Waals surface area (Å²) in [6.45, 7) is 2.04. The highest BCUT2D eigenvalue weighted by atomic mass is 35.5. The molecule has 3 aromatic rings. The summed E-state index contributed by atoms with van der Waals surface area (Å²) in [6, 6.07) is 13.0. The van der Waals surface area contributed by atoms with Crippen molar-refractivity contribution in [2.45, 2.75) is 18.9 Å². The van der Waals surface area contributed by atoms with E-state index in [1.54, 1.807) is 4.90 Å². The van der Waals surface area contributed by atoms with E-state index >= 15 is 0 Å². The van der Waals surface area contributed by atoms with E-state index in [0.717, 1.165) is 11.6 Å². The lowest BCUT2D eigenvalue weighted by Gasteiger charge is -2.17. The molecule has 154 valence electrons. The quantitative estimate of drug-likeness (QED) is 0.669. The van der Waals surface area contributed by atoms with Gasteiger partial charge in [0, 0.05) is 31.1 Å². The van der Waals surface area contributed by atoms with Crippen LogP contribution in [0.15, 0.2) is 48.5 Å². The normalized spacial score (nSPS) is 18.4. The van der Waals surface area contributed by atoms with E-state index < -0.39 is 5.82 Å². The van der Waals surface area contributed by atoms with Crippen molar-refractivity contribution in [2.75, 3.05) is 13.1 Å². The van der Waals surface area contributed by atoms with Crippen molar-refractivity contribution in [3.05, 3.63) is 70.8 Å². The fourth-order valence-electron chi connectivity index (χ4n) is 3.62. The highest BCUT2D eigenvalue weighted by Gasteiger charge is 2.39. The van der Waals surface area contributed by atoms with Crippen LogP contribution in [0.1, 0.15) is 29.0 Å². The third kappa shape index (κ3) is 4.04. The lowest BCUT2D eigenvalue weighted by molar-refractivity contribution is -0.119. The average molecular weight is 428 g/mol.